The standard InChI is InChI=1S/C69H92FN11O19/c1-5-69(92)49-32-54-62-47(35-81(54)65(88)48(49)37-99-66(69)89)60-51(20-19-46-42(4)50(70)33-53(78-62)59(46)60)77-58(85)38-97-40-75-56(83)34-74-68(91)100-36-43-15-17-44(18-16-43)76-63(86)52(14-11-22-73-67(71)90)79-64(87)61(41(2)3)80-55(82)21-24-93-26-28-95-30-31-96-29-27-94-25-23-72-57(84)39-98-45-12-9-7-6-8-10-13-45/h9,12,15-18,32-33,41,45,51-52,61,92H,5-8,10-11,13-14,19-31,34-40H2,1-4H3,(H,72,84)(H,74,91)(H,75,83)(H,76,86)(H,77,85)(H,79,87)(H,80,82)(H3,71,73,90)/b12-9-/t45?,51-,52-,61-,69-/m0/s1. The Morgan fingerprint density at radius 1 is 0.790 bits per heavy atom. The number of ether oxygens (including phenoxy) is 8. The second kappa shape index (κ2) is 38.0. The molecule has 1 unspecified atom stereocenters. The Morgan fingerprint density at radius 2 is 1.52 bits per heavy atom. The molecule has 4 heterocycles. The van der Waals surface area contributed by atoms with Crippen LogP contribution < -0.4 is 53.8 Å². The van der Waals surface area contributed by atoms with Crippen LogP contribution in [-0.2, 0) is 103 Å². The number of allylic oxidation sites excluding steroid dienone is 1. The van der Waals surface area contributed by atoms with Gasteiger partial charge in [-0.1, -0.05) is 57.9 Å². The molecule has 4 aromatic rings. The van der Waals surface area contributed by atoms with Gasteiger partial charge in [0.05, 0.1) is 94.0 Å². The summed E-state index contributed by atoms with van der Waals surface area (Å²) in [4.78, 5) is 134. The molecule has 11 N–H and O–H groups in total. The number of nitrogens with one attached hydrogen (secondary N) is 8. The summed E-state index contributed by atoms with van der Waals surface area (Å²) in [6, 6.07) is 5.59. The van der Waals surface area contributed by atoms with Gasteiger partial charge in [-0.2, -0.15) is 0 Å². The van der Waals surface area contributed by atoms with Gasteiger partial charge in [-0.15, -0.1) is 0 Å². The van der Waals surface area contributed by atoms with Gasteiger partial charge in [0.15, 0.2) is 5.60 Å². The van der Waals surface area contributed by atoms with Crippen LogP contribution in [0.5, 0.6) is 0 Å². The monoisotopic (exact) mass is 1400 g/mol. The molecule has 30 nitrogen and oxygen atoms in total. The summed E-state index contributed by atoms with van der Waals surface area (Å²) in [5.41, 5.74) is 7.21. The average molecular weight is 1400 g/mol. The van der Waals surface area contributed by atoms with E-state index in [1.165, 1.54) is 23.5 Å². The number of urea groups is 1. The van der Waals surface area contributed by atoms with Crippen molar-refractivity contribution in [1.82, 2.24) is 46.8 Å². The number of hydrogen-bond acceptors (Lipinski definition) is 20. The summed E-state index contributed by atoms with van der Waals surface area (Å²) >= 11 is 0. The number of amides is 9. The van der Waals surface area contributed by atoms with Gasteiger partial charge in [-0.25, -0.2) is 23.8 Å². The lowest BCUT2D eigenvalue weighted by molar-refractivity contribution is -0.172. The number of esters is 1. The lowest BCUT2D eigenvalue weighted by atomic mass is 9.81. The lowest BCUT2D eigenvalue weighted by Gasteiger charge is -2.31. The van der Waals surface area contributed by atoms with Gasteiger partial charge >= 0.3 is 18.1 Å². The van der Waals surface area contributed by atoms with E-state index in [0.29, 0.717) is 103 Å². The van der Waals surface area contributed by atoms with Crippen molar-refractivity contribution in [3.8, 4) is 11.4 Å². The molecule has 0 radical (unpaired) electrons. The summed E-state index contributed by atoms with van der Waals surface area (Å²) < 4.78 is 60.7. The number of nitrogens with zero attached hydrogens (tertiary/aromatic N) is 2. The minimum atomic E-state index is -2.06. The number of hydrogen-bond donors (Lipinski definition) is 10. The predicted molar refractivity (Wildman–Crippen MR) is 359 cm³/mol. The Kier molecular flexibility index (Phi) is 29.2. The molecular weight excluding hydrogens is 1310 g/mol. The number of aromatic nitrogens is 2. The molecule has 0 saturated carbocycles. The van der Waals surface area contributed by atoms with Gasteiger partial charge in [0.1, 0.15) is 57.6 Å². The van der Waals surface area contributed by atoms with Crippen molar-refractivity contribution in [3.05, 3.63) is 104 Å². The Balaban J connectivity index is 0.696. The van der Waals surface area contributed by atoms with E-state index >= 15 is 4.39 Å². The normalized spacial score (nSPS) is 17.6. The van der Waals surface area contributed by atoms with Crippen LogP contribution >= 0.6 is 0 Å². The second-order valence-electron chi connectivity index (χ2n) is 24.9. The number of carbonyl (C=O) groups is 9. The number of nitrogens with two attached hydrogens (primary N) is 1. The number of benzene rings is 2. The smallest absolute Gasteiger partial charge is 0.407 e. The van der Waals surface area contributed by atoms with Crippen molar-refractivity contribution in [1.29, 1.82) is 0 Å². The van der Waals surface area contributed by atoms with E-state index in [1.807, 2.05) is 6.08 Å². The number of cyclic esters (lactones) is 1. The highest BCUT2D eigenvalue weighted by molar-refractivity contribution is 5.99. The summed E-state index contributed by atoms with van der Waals surface area (Å²) in [6.45, 7) is 7.54. The van der Waals surface area contributed by atoms with Gasteiger partial charge in [-0.3, -0.25) is 33.6 Å². The first-order valence-electron chi connectivity index (χ1n) is 33.9. The fourth-order valence-electron chi connectivity index (χ4n) is 12.1. The molecule has 0 fully saturated rings. The van der Waals surface area contributed by atoms with Crippen LogP contribution in [0.4, 0.5) is 19.7 Å². The van der Waals surface area contributed by atoms with Crippen molar-refractivity contribution >= 4 is 70.1 Å². The van der Waals surface area contributed by atoms with E-state index in [2.05, 4.69) is 48.6 Å². The number of halogens is 1. The molecule has 2 aromatic carbocycles. The minimum absolute atomic E-state index is 0.0109. The topological polar surface area (TPSA) is 405 Å². The largest absolute Gasteiger partial charge is 0.458 e. The first-order valence-corrected chi connectivity index (χ1v) is 33.9. The minimum Gasteiger partial charge on any atom is -0.458 e. The summed E-state index contributed by atoms with van der Waals surface area (Å²) in [6.07, 6.45) is 9.61. The molecule has 9 amide bonds. The van der Waals surface area contributed by atoms with Crippen molar-refractivity contribution in [3.63, 3.8) is 0 Å². The van der Waals surface area contributed by atoms with E-state index in [4.69, 9.17) is 48.6 Å². The van der Waals surface area contributed by atoms with Crippen LogP contribution in [0.3, 0.4) is 0 Å². The van der Waals surface area contributed by atoms with Crippen LogP contribution in [0.1, 0.15) is 130 Å². The van der Waals surface area contributed by atoms with E-state index < -0.39 is 103 Å². The zero-order valence-electron chi connectivity index (χ0n) is 56.9. The Hall–Kier alpha value is -8.98. The molecule has 2 aliphatic carbocycles. The molecule has 2 aromatic heterocycles. The quantitative estimate of drug-likeness (QED) is 0.0117. The molecule has 100 heavy (non-hydrogen) atoms. The zero-order valence-corrected chi connectivity index (χ0v) is 56.9. The van der Waals surface area contributed by atoms with E-state index in [9.17, 15) is 53.1 Å². The van der Waals surface area contributed by atoms with Crippen molar-refractivity contribution < 1.29 is 90.5 Å². The highest BCUT2D eigenvalue weighted by Gasteiger charge is 2.46. The number of carbonyl (C=O) groups excluding carboxylic acids is 9. The molecule has 0 saturated heterocycles. The number of primary amides is 1. The van der Waals surface area contributed by atoms with Gasteiger partial charge in [0.2, 0.25) is 35.4 Å². The Morgan fingerprint density at radius 3 is 2.24 bits per heavy atom. The lowest BCUT2D eigenvalue weighted by Crippen LogP contribution is -2.54. The summed E-state index contributed by atoms with van der Waals surface area (Å²) in [5, 5.41) is 33.3. The van der Waals surface area contributed by atoms with E-state index in [0.717, 1.165) is 24.8 Å². The van der Waals surface area contributed by atoms with Gasteiger partial charge in [0, 0.05) is 47.8 Å². The number of rotatable bonds is 38. The van der Waals surface area contributed by atoms with Crippen molar-refractivity contribution in [2.45, 2.75) is 148 Å². The number of alkyl carbamates (subject to hydrolysis) is 1. The Labute approximate surface area is 577 Å². The molecule has 2 aliphatic heterocycles. The fourth-order valence-corrected chi connectivity index (χ4v) is 12.1. The number of pyridine rings is 2. The summed E-state index contributed by atoms with van der Waals surface area (Å²) in [5.74, 6) is -4.79. The number of fused-ring (bicyclic) bond motifs is 5. The molecule has 31 heteroatoms. The van der Waals surface area contributed by atoms with Gasteiger partial charge in [0.25, 0.3) is 5.56 Å². The van der Waals surface area contributed by atoms with Crippen LogP contribution in [0.15, 0.2) is 53.3 Å². The predicted octanol–water partition coefficient (Wildman–Crippen LogP) is 3.14. The number of anilines is 1. The maximum Gasteiger partial charge on any atom is 0.407 e. The van der Waals surface area contributed by atoms with Gasteiger partial charge in [-0.05, 0) is 105 Å². The molecule has 544 valence electrons. The molecule has 0 spiro atoms. The fraction of sp³-hybridized carbons (Fsp3) is 0.551. The highest BCUT2D eigenvalue weighted by atomic mass is 19.1. The van der Waals surface area contributed by atoms with E-state index in [-0.39, 0.29) is 107 Å². The number of aryl methyl sites for hydroxylation is 1. The van der Waals surface area contributed by atoms with Crippen molar-refractivity contribution in [2.24, 2.45) is 11.7 Å². The van der Waals surface area contributed by atoms with Crippen LogP contribution in [0.2, 0.25) is 0 Å². The van der Waals surface area contributed by atoms with Crippen molar-refractivity contribution in [2.75, 3.05) is 97.8 Å². The van der Waals surface area contributed by atoms with Gasteiger partial charge < -0.3 is 95.8 Å². The zero-order chi connectivity index (χ0) is 71.7. The third-order valence-corrected chi connectivity index (χ3v) is 17.5. The highest BCUT2D eigenvalue weighted by Crippen LogP contribution is 2.46. The number of aliphatic hydroxyl groups is 1. The molecule has 0 bridgehead atoms. The Bertz CT molecular complexity index is 3660. The SMILES string of the molecule is CC[C@@]1(O)C(=O)OCc2c1cc1n(c2=O)Cc2c-1nc1cc(F)c(C)c3c1c2[C@@H](NC(=O)COCNC(=O)CNC(=O)OCc1ccc(NC(=O)[C@H](CCCNC(N)=O)NC(=O)[C@@H](NC(=O)CCOCCOCCOCCOCCNC(=O)COC2/C=C\CCCCC2)C(C)C)cc1)CC3. The maximum absolute atomic E-state index is 15.4. The second-order valence-corrected chi connectivity index (χ2v) is 24.9. The van der Waals surface area contributed by atoms with Crippen LogP contribution in [0.25, 0.3) is 22.3 Å². The third-order valence-electron chi connectivity index (χ3n) is 17.5. The third kappa shape index (κ3) is 21.5. The molecule has 5 atom stereocenters. The summed E-state index contributed by atoms with van der Waals surface area (Å²) in [7, 11) is 0. The molecule has 4 aliphatic rings. The average Bonchev–Trinajstić information content (AvgIpc) is 1.50. The maximum atomic E-state index is 15.4. The van der Waals surface area contributed by atoms with Crippen LogP contribution in [-0.4, -0.2) is 179 Å². The van der Waals surface area contributed by atoms with E-state index in [1.54, 1.807) is 58.0 Å². The first-order chi connectivity index (χ1) is 48.1. The van der Waals surface area contributed by atoms with Crippen LogP contribution in [0, 0.1) is 18.7 Å². The first kappa shape index (κ1) is 76.8. The molecule has 8 rings (SSSR count). The molecular formula is C69H92FN11O19.